The van der Waals surface area contributed by atoms with Gasteiger partial charge in [0.2, 0.25) is 11.8 Å². The summed E-state index contributed by atoms with van der Waals surface area (Å²) >= 11 is 13.1. The van der Waals surface area contributed by atoms with E-state index in [2.05, 4.69) is 31.9 Å². The number of fused-ring (bicyclic) bond motifs is 1. The normalized spacial score (nSPS) is 33.5. The first-order valence-electron chi connectivity index (χ1n) is 6.40. The average Bonchev–Trinajstić information content (AvgIpc) is 2.63. The second kappa shape index (κ2) is 5.43. The average molecular weight is 422 g/mol. The summed E-state index contributed by atoms with van der Waals surface area (Å²) < 4.78 is 0. The molecule has 1 aromatic rings. The Morgan fingerprint density at radius 2 is 1.60 bits per heavy atom. The molecule has 2 fully saturated rings. The van der Waals surface area contributed by atoms with E-state index in [4.69, 9.17) is 11.6 Å². The van der Waals surface area contributed by atoms with Crippen LogP contribution in [0.15, 0.2) is 24.3 Å². The Kier molecular flexibility index (Phi) is 3.95. The van der Waals surface area contributed by atoms with E-state index in [9.17, 15) is 9.59 Å². The molecule has 3 rings (SSSR count). The minimum atomic E-state index is -0.223. The van der Waals surface area contributed by atoms with Gasteiger partial charge in [-0.15, -0.1) is 0 Å². The fourth-order valence-corrected chi connectivity index (χ4v) is 4.39. The predicted molar refractivity (Wildman–Crippen MR) is 85.6 cm³/mol. The third kappa shape index (κ3) is 2.34. The first-order valence-corrected chi connectivity index (χ1v) is 8.61. The molecule has 0 unspecified atom stereocenters. The molecule has 1 aliphatic carbocycles. The van der Waals surface area contributed by atoms with Crippen LogP contribution in [0.2, 0.25) is 5.02 Å². The molecule has 1 aromatic carbocycles. The van der Waals surface area contributed by atoms with Crippen molar-refractivity contribution in [3.05, 3.63) is 29.3 Å². The minimum absolute atomic E-state index is 0.105. The predicted octanol–water partition coefficient (Wildman–Crippen LogP) is 3.77. The van der Waals surface area contributed by atoms with Gasteiger partial charge in [0.1, 0.15) is 0 Å². The zero-order chi connectivity index (χ0) is 14.4. The molecule has 1 saturated carbocycles. The number of imide groups is 1. The quantitative estimate of drug-likeness (QED) is 0.511. The molecule has 0 bridgehead atoms. The summed E-state index contributed by atoms with van der Waals surface area (Å²) in [5.74, 6) is -0.656. The Balaban J connectivity index is 1.95. The van der Waals surface area contributed by atoms with E-state index < -0.39 is 0 Å². The third-order valence-electron chi connectivity index (χ3n) is 3.98. The summed E-state index contributed by atoms with van der Waals surface area (Å²) in [6.45, 7) is 0. The largest absolute Gasteiger partial charge is 0.274 e. The van der Waals surface area contributed by atoms with Crippen molar-refractivity contribution < 1.29 is 9.59 Å². The van der Waals surface area contributed by atoms with Gasteiger partial charge in [-0.3, -0.25) is 14.5 Å². The molecule has 4 atom stereocenters. The molecule has 1 aliphatic heterocycles. The van der Waals surface area contributed by atoms with Crippen molar-refractivity contribution >= 4 is 61.0 Å². The van der Waals surface area contributed by atoms with Crippen LogP contribution < -0.4 is 4.90 Å². The zero-order valence-corrected chi connectivity index (χ0v) is 14.4. The number of carbonyl (C=O) groups is 2. The van der Waals surface area contributed by atoms with Crippen LogP contribution in [0.25, 0.3) is 0 Å². The van der Waals surface area contributed by atoms with Gasteiger partial charge in [0.15, 0.2) is 0 Å². The molecule has 1 saturated heterocycles. The Morgan fingerprint density at radius 1 is 1.05 bits per heavy atom. The van der Waals surface area contributed by atoms with E-state index in [0.29, 0.717) is 23.6 Å². The number of rotatable bonds is 1. The summed E-state index contributed by atoms with van der Waals surface area (Å²) in [5.41, 5.74) is 0.569. The molecule has 0 spiro atoms. The van der Waals surface area contributed by atoms with Gasteiger partial charge in [-0.05, 0) is 31.0 Å². The van der Waals surface area contributed by atoms with Crippen LogP contribution in [0.3, 0.4) is 0 Å². The van der Waals surface area contributed by atoms with Crippen molar-refractivity contribution in [2.75, 3.05) is 4.90 Å². The van der Waals surface area contributed by atoms with Crippen LogP contribution in [-0.4, -0.2) is 21.5 Å². The summed E-state index contributed by atoms with van der Waals surface area (Å²) in [6.07, 6.45) is 1.37. The summed E-state index contributed by atoms with van der Waals surface area (Å²) in [4.78, 5) is 26.8. The molecule has 0 aromatic heterocycles. The standard InChI is InChI=1S/C14H12Br2ClNO2/c15-11-5-9-10(6-12(11)16)14(20)18(13(9)19)8-3-1-2-7(17)4-8/h1-4,9-12H,5-6H2/t9-,10+,11+,12-. The van der Waals surface area contributed by atoms with Gasteiger partial charge in [0.25, 0.3) is 0 Å². The van der Waals surface area contributed by atoms with Gasteiger partial charge in [-0.1, -0.05) is 49.5 Å². The number of halogens is 3. The number of alkyl halides is 2. The number of amides is 2. The molecule has 3 nitrogen and oxygen atoms in total. The molecule has 0 radical (unpaired) electrons. The van der Waals surface area contributed by atoms with E-state index >= 15 is 0 Å². The van der Waals surface area contributed by atoms with Crippen molar-refractivity contribution in [1.29, 1.82) is 0 Å². The summed E-state index contributed by atoms with van der Waals surface area (Å²) in [6, 6.07) is 6.88. The SMILES string of the molecule is O=C1[C@H]2C[C@@H](Br)[C@@H](Br)C[C@H]2C(=O)N1c1cccc(Cl)c1. The highest BCUT2D eigenvalue weighted by Gasteiger charge is 2.52. The number of anilines is 1. The van der Waals surface area contributed by atoms with Crippen molar-refractivity contribution in [3.63, 3.8) is 0 Å². The van der Waals surface area contributed by atoms with Crippen molar-refractivity contribution in [2.45, 2.75) is 22.5 Å². The zero-order valence-electron chi connectivity index (χ0n) is 10.4. The molecule has 106 valence electrons. The van der Waals surface area contributed by atoms with Crippen LogP contribution >= 0.6 is 43.5 Å². The van der Waals surface area contributed by atoms with Gasteiger partial charge in [0.05, 0.1) is 17.5 Å². The molecule has 6 heteroatoms. The molecule has 2 amide bonds. The number of benzene rings is 1. The Bertz CT molecular complexity index is 552. The highest BCUT2D eigenvalue weighted by Crippen LogP contribution is 2.44. The maximum Gasteiger partial charge on any atom is 0.237 e. The fourth-order valence-electron chi connectivity index (χ4n) is 2.96. The lowest BCUT2D eigenvalue weighted by molar-refractivity contribution is -0.122. The molecular weight excluding hydrogens is 409 g/mol. The van der Waals surface area contributed by atoms with Crippen molar-refractivity contribution in [2.24, 2.45) is 11.8 Å². The van der Waals surface area contributed by atoms with Gasteiger partial charge < -0.3 is 0 Å². The van der Waals surface area contributed by atoms with Crippen LogP contribution in [0.5, 0.6) is 0 Å². The monoisotopic (exact) mass is 419 g/mol. The van der Waals surface area contributed by atoms with Crippen LogP contribution in [-0.2, 0) is 9.59 Å². The Morgan fingerprint density at radius 3 is 2.10 bits per heavy atom. The number of hydrogen-bond donors (Lipinski definition) is 0. The molecule has 20 heavy (non-hydrogen) atoms. The van der Waals surface area contributed by atoms with Gasteiger partial charge >= 0.3 is 0 Å². The first kappa shape index (κ1) is 14.5. The lowest BCUT2D eigenvalue weighted by Gasteiger charge is -2.29. The first-order chi connectivity index (χ1) is 9.49. The highest BCUT2D eigenvalue weighted by atomic mass is 79.9. The minimum Gasteiger partial charge on any atom is -0.274 e. The van der Waals surface area contributed by atoms with E-state index in [1.54, 1.807) is 24.3 Å². The Hall–Kier alpha value is -0.390. The number of carbonyl (C=O) groups excluding carboxylic acids is 2. The van der Waals surface area contributed by atoms with E-state index in [1.165, 1.54) is 4.90 Å². The smallest absolute Gasteiger partial charge is 0.237 e. The topological polar surface area (TPSA) is 37.4 Å². The van der Waals surface area contributed by atoms with Crippen molar-refractivity contribution in [1.82, 2.24) is 0 Å². The van der Waals surface area contributed by atoms with Crippen LogP contribution in [0.1, 0.15) is 12.8 Å². The maximum absolute atomic E-state index is 12.5. The summed E-state index contributed by atoms with van der Waals surface area (Å²) in [5, 5.41) is 0.523. The van der Waals surface area contributed by atoms with Crippen molar-refractivity contribution in [3.8, 4) is 0 Å². The van der Waals surface area contributed by atoms with Gasteiger partial charge in [-0.25, -0.2) is 0 Å². The molecule has 1 heterocycles. The lowest BCUT2D eigenvalue weighted by atomic mass is 9.81. The number of nitrogens with zero attached hydrogens (tertiary/aromatic N) is 1. The second-order valence-electron chi connectivity index (χ2n) is 5.21. The number of hydrogen-bond acceptors (Lipinski definition) is 2. The third-order valence-corrected chi connectivity index (χ3v) is 6.95. The van der Waals surface area contributed by atoms with Gasteiger partial charge in [-0.2, -0.15) is 0 Å². The second-order valence-corrected chi connectivity index (χ2v) is 8.00. The molecular formula is C14H12Br2ClNO2. The maximum atomic E-state index is 12.5. The van der Waals surface area contributed by atoms with Crippen LogP contribution in [0, 0.1) is 11.8 Å². The molecule has 2 aliphatic rings. The summed E-state index contributed by atoms with van der Waals surface area (Å²) in [7, 11) is 0. The van der Waals surface area contributed by atoms with E-state index in [0.717, 1.165) is 0 Å². The fraction of sp³-hybridized carbons (Fsp3) is 0.429. The van der Waals surface area contributed by atoms with Gasteiger partial charge in [0, 0.05) is 14.7 Å². The van der Waals surface area contributed by atoms with Crippen LogP contribution in [0.4, 0.5) is 5.69 Å². The van der Waals surface area contributed by atoms with E-state index in [-0.39, 0.29) is 33.3 Å². The van der Waals surface area contributed by atoms with E-state index in [1.807, 2.05) is 0 Å². The lowest BCUT2D eigenvalue weighted by Crippen LogP contribution is -2.34. The molecule has 0 N–H and O–H groups in total. The highest BCUT2D eigenvalue weighted by molar-refractivity contribution is 9.12. The Labute approximate surface area is 138 Å².